The topological polar surface area (TPSA) is 159 Å². The molecule has 21 heavy (non-hydrogen) atoms. The predicted molar refractivity (Wildman–Crippen MR) is 68.0 cm³/mol. The third kappa shape index (κ3) is 3.83. The lowest BCUT2D eigenvalue weighted by Crippen LogP contribution is -2.53. The standard InChI is InChI=1S/C10H16N4O7/c15-9(11-8-4-2-1-3-5-8)6-7-10(12(16)17,13(18)19)14(20)21/h8H,1-7H2,(H,11,15). The summed E-state index contributed by atoms with van der Waals surface area (Å²) in [5, 5.41) is 34.7. The molecule has 0 heterocycles. The SMILES string of the molecule is O=C(CCC([N+](=O)[O-])([N+](=O)[O-])[N+](=O)[O-])NC1CCCCC1. The summed E-state index contributed by atoms with van der Waals surface area (Å²) in [6.07, 6.45) is 2.80. The molecule has 1 aliphatic carbocycles. The van der Waals surface area contributed by atoms with Crippen LogP contribution in [0.15, 0.2) is 0 Å². The van der Waals surface area contributed by atoms with Gasteiger partial charge >= 0.3 is 5.79 Å². The molecule has 0 bridgehead atoms. The molecule has 1 N–H and O–H groups in total. The Balaban J connectivity index is 2.64. The Morgan fingerprint density at radius 2 is 1.48 bits per heavy atom. The van der Waals surface area contributed by atoms with Crippen molar-refractivity contribution in [2.45, 2.75) is 56.8 Å². The minimum atomic E-state index is -3.57. The van der Waals surface area contributed by atoms with Gasteiger partial charge in [-0.15, -0.1) is 0 Å². The second-order valence-electron chi connectivity index (χ2n) is 4.95. The van der Waals surface area contributed by atoms with Crippen LogP contribution in [0.1, 0.15) is 44.9 Å². The maximum absolute atomic E-state index is 11.6. The maximum Gasteiger partial charge on any atom is 0.700 e. The Kier molecular flexibility index (Phi) is 5.50. The Morgan fingerprint density at radius 1 is 1.00 bits per heavy atom. The van der Waals surface area contributed by atoms with Crippen LogP contribution in [-0.4, -0.2) is 32.5 Å². The van der Waals surface area contributed by atoms with Gasteiger partial charge in [0.25, 0.3) is 0 Å². The van der Waals surface area contributed by atoms with E-state index >= 15 is 0 Å². The van der Waals surface area contributed by atoms with Crippen molar-refractivity contribution >= 4 is 5.91 Å². The molecule has 0 aliphatic heterocycles. The maximum atomic E-state index is 11.6. The van der Waals surface area contributed by atoms with Gasteiger partial charge in [-0.2, -0.15) is 0 Å². The summed E-state index contributed by atoms with van der Waals surface area (Å²) in [4.78, 5) is 39.0. The van der Waals surface area contributed by atoms with Gasteiger partial charge in [0.15, 0.2) is 21.2 Å². The van der Waals surface area contributed by atoms with Crippen LogP contribution in [0.2, 0.25) is 0 Å². The Labute approximate surface area is 119 Å². The molecule has 1 fully saturated rings. The smallest absolute Gasteiger partial charge is 0.353 e. The lowest BCUT2D eigenvalue weighted by molar-refractivity contribution is -0.970. The first-order chi connectivity index (χ1) is 9.80. The van der Waals surface area contributed by atoms with Crippen LogP contribution < -0.4 is 5.32 Å². The third-order valence-electron chi connectivity index (χ3n) is 3.53. The molecule has 0 radical (unpaired) electrons. The van der Waals surface area contributed by atoms with Crippen LogP contribution >= 0.6 is 0 Å². The highest BCUT2D eigenvalue weighted by molar-refractivity contribution is 5.76. The summed E-state index contributed by atoms with van der Waals surface area (Å²) >= 11 is 0. The minimum Gasteiger partial charge on any atom is -0.353 e. The summed E-state index contributed by atoms with van der Waals surface area (Å²) in [5.41, 5.74) is 0. The molecule has 0 saturated heterocycles. The number of rotatable bonds is 7. The van der Waals surface area contributed by atoms with Crippen molar-refractivity contribution in [3.63, 3.8) is 0 Å². The Hall–Kier alpha value is -2.33. The lowest BCUT2D eigenvalue weighted by atomic mass is 9.95. The molecule has 1 rings (SSSR count). The monoisotopic (exact) mass is 304 g/mol. The van der Waals surface area contributed by atoms with E-state index in [-0.39, 0.29) is 6.04 Å². The number of hydrogen-bond acceptors (Lipinski definition) is 7. The van der Waals surface area contributed by atoms with Crippen LogP contribution in [-0.2, 0) is 4.79 Å². The summed E-state index contributed by atoms with van der Waals surface area (Å²) in [7, 11) is 0. The molecule has 11 heteroatoms. The van der Waals surface area contributed by atoms with E-state index < -0.39 is 39.3 Å². The van der Waals surface area contributed by atoms with Crippen LogP contribution in [0.3, 0.4) is 0 Å². The first-order valence-electron chi connectivity index (χ1n) is 6.53. The number of carbonyl (C=O) groups excluding carboxylic acids is 1. The number of hydrogen-bond donors (Lipinski definition) is 1. The second-order valence-corrected chi connectivity index (χ2v) is 4.95. The van der Waals surface area contributed by atoms with Crippen LogP contribution in [0.5, 0.6) is 0 Å². The van der Waals surface area contributed by atoms with Gasteiger partial charge in [0.05, 0.1) is 0 Å². The average molecular weight is 304 g/mol. The predicted octanol–water partition coefficient (Wildman–Crippen LogP) is 0.699. The highest BCUT2D eigenvalue weighted by atomic mass is 16.7. The van der Waals surface area contributed by atoms with E-state index in [2.05, 4.69) is 5.32 Å². The highest BCUT2D eigenvalue weighted by Gasteiger charge is 2.69. The fourth-order valence-electron chi connectivity index (χ4n) is 2.30. The van der Waals surface area contributed by atoms with Gasteiger partial charge in [-0.05, 0) is 12.8 Å². The molecule has 0 aromatic heterocycles. The van der Waals surface area contributed by atoms with Crippen molar-refractivity contribution in [2.75, 3.05) is 0 Å². The molecular weight excluding hydrogens is 288 g/mol. The number of amides is 1. The van der Waals surface area contributed by atoms with Gasteiger partial charge in [0.2, 0.25) is 5.91 Å². The van der Waals surface area contributed by atoms with Crippen LogP contribution in [0, 0.1) is 30.3 Å². The molecular formula is C10H16N4O7. The van der Waals surface area contributed by atoms with E-state index in [0.29, 0.717) is 0 Å². The lowest BCUT2D eigenvalue weighted by Gasteiger charge is -2.22. The fraction of sp³-hybridized carbons (Fsp3) is 0.900. The van der Waals surface area contributed by atoms with Crippen molar-refractivity contribution in [3.05, 3.63) is 30.3 Å². The molecule has 0 spiro atoms. The van der Waals surface area contributed by atoms with E-state index in [0.717, 1.165) is 32.1 Å². The summed E-state index contributed by atoms with van der Waals surface area (Å²) in [6.45, 7) is 0. The van der Waals surface area contributed by atoms with E-state index in [9.17, 15) is 35.1 Å². The number of nitro groups is 3. The quantitative estimate of drug-likeness (QED) is 0.411. The minimum absolute atomic E-state index is 0.0672. The van der Waals surface area contributed by atoms with Crippen molar-refractivity contribution in [2.24, 2.45) is 0 Å². The largest absolute Gasteiger partial charge is 0.700 e. The highest BCUT2D eigenvalue weighted by Crippen LogP contribution is 2.21. The molecule has 1 saturated carbocycles. The zero-order chi connectivity index (χ0) is 16.0. The average Bonchev–Trinajstić information content (AvgIpc) is 2.39. The van der Waals surface area contributed by atoms with Gasteiger partial charge in [0.1, 0.15) is 0 Å². The molecule has 0 aromatic carbocycles. The van der Waals surface area contributed by atoms with Crippen LogP contribution in [0.25, 0.3) is 0 Å². The molecule has 11 nitrogen and oxygen atoms in total. The summed E-state index contributed by atoms with van der Waals surface area (Å²) in [5.74, 6) is -4.21. The Morgan fingerprint density at radius 3 is 1.90 bits per heavy atom. The molecule has 0 unspecified atom stereocenters. The van der Waals surface area contributed by atoms with Gasteiger partial charge in [-0.25, -0.2) is 0 Å². The van der Waals surface area contributed by atoms with Gasteiger partial charge < -0.3 is 5.32 Å². The zero-order valence-electron chi connectivity index (χ0n) is 11.2. The first-order valence-corrected chi connectivity index (χ1v) is 6.53. The molecule has 0 aromatic rings. The van der Waals surface area contributed by atoms with Crippen molar-refractivity contribution in [1.82, 2.24) is 5.32 Å². The van der Waals surface area contributed by atoms with Gasteiger partial charge in [-0.1, -0.05) is 19.3 Å². The molecule has 0 atom stereocenters. The third-order valence-corrected chi connectivity index (χ3v) is 3.53. The normalized spacial score (nSPS) is 16.2. The Bertz CT molecular complexity index is 411. The van der Waals surface area contributed by atoms with E-state index in [1.165, 1.54) is 0 Å². The molecule has 118 valence electrons. The zero-order valence-corrected chi connectivity index (χ0v) is 11.2. The van der Waals surface area contributed by atoms with E-state index in [4.69, 9.17) is 0 Å². The molecule has 1 amide bonds. The van der Waals surface area contributed by atoms with Crippen molar-refractivity contribution in [3.8, 4) is 0 Å². The van der Waals surface area contributed by atoms with E-state index in [1.807, 2.05) is 0 Å². The van der Waals surface area contributed by atoms with Crippen molar-refractivity contribution < 1.29 is 19.6 Å². The van der Waals surface area contributed by atoms with Crippen molar-refractivity contribution in [1.29, 1.82) is 0 Å². The summed E-state index contributed by atoms with van der Waals surface area (Å²) < 4.78 is 0. The molecule has 1 aliphatic rings. The van der Waals surface area contributed by atoms with Crippen LogP contribution in [0.4, 0.5) is 0 Å². The fourth-order valence-corrected chi connectivity index (χ4v) is 2.30. The number of nitrogens with zero attached hydrogens (tertiary/aromatic N) is 3. The van der Waals surface area contributed by atoms with Gasteiger partial charge in [0, 0.05) is 12.5 Å². The number of nitrogens with one attached hydrogen (secondary N) is 1. The summed E-state index contributed by atoms with van der Waals surface area (Å²) in [6, 6.07) is -0.0672. The first kappa shape index (κ1) is 16.7. The van der Waals surface area contributed by atoms with E-state index in [1.54, 1.807) is 0 Å². The second kappa shape index (κ2) is 6.90. The number of carbonyl (C=O) groups is 1. The van der Waals surface area contributed by atoms with Gasteiger partial charge in [-0.3, -0.25) is 35.1 Å².